The van der Waals surface area contributed by atoms with Crippen LogP contribution in [0.1, 0.15) is 5.56 Å². The third-order valence-electron chi connectivity index (χ3n) is 3.01. The third kappa shape index (κ3) is 3.33. The molecule has 2 rings (SSSR count). The monoisotopic (exact) mass is 273 g/mol. The minimum Gasteiger partial charge on any atom is -0.479 e. The lowest BCUT2D eigenvalue weighted by molar-refractivity contribution is -0.146. The molecule has 0 unspecified atom stereocenters. The molecule has 2 aromatic carbocycles. The van der Waals surface area contributed by atoms with Crippen molar-refractivity contribution in [3.8, 4) is 0 Å². The molecule has 0 aromatic heterocycles. The first-order valence-corrected chi connectivity index (χ1v) is 6.22. The van der Waals surface area contributed by atoms with Gasteiger partial charge in [0.2, 0.25) is 5.91 Å². The van der Waals surface area contributed by atoms with Crippen LogP contribution in [0.2, 0.25) is 0 Å². The Bertz CT molecular complexity index is 633. The molecule has 0 spiro atoms. The van der Waals surface area contributed by atoms with E-state index in [0.717, 1.165) is 16.3 Å². The number of hydrogen-bond donors (Lipinski definition) is 3. The van der Waals surface area contributed by atoms with Gasteiger partial charge in [-0.3, -0.25) is 4.79 Å². The van der Waals surface area contributed by atoms with Crippen molar-refractivity contribution in [1.29, 1.82) is 0 Å². The van der Waals surface area contributed by atoms with Crippen LogP contribution in [0.25, 0.3) is 10.8 Å². The predicted molar refractivity (Wildman–Crippen MR) is 74.3 cm³/mol. The minimum absolute atomic E-state index is 0.147. The number of amides is 1. The zero-order valence-electron chi connectivity index (χ0n) is 10.7. The second-order valence-corrected chi connectivity index (χ2v) is 4.47. The van der Waals surface area contributed by atoms with Gasteiger partial charge in [-0.2, -0.15) is 0 Å². The van der Waals surface area contributed by atoms with E-state index < -0.39 is 12.1 Å². The number of aliphatic hydroxyl groups is 1. The summed E-state index contributed by atoms with van der Waals surface area (Å²) >= 11 is 0. The number of carbonyl (C=O) groups excluding carboxylic acids is 1. The van der Waals surface area contributed by atoms with Crippen LogP contribution in [0.3, 0.4) is 0 Å². The Morgan fingerprint density at radius 1 is 1.10 bits per heavy atom. The van der Waals surface area contributed by atoms with E-state index in [1.54, 1.807) is 0 Å². The second kappa shape index (κ2) is 6.16. The zero-order chi connectivity index (χ0) is 14.5. The molecule has 0 saturated carbocycles. The van der Waals surface area contributed by atoms with Gasteiger partial charge in [-0.1, -0.05) is 42.5 Å². The van der Waals surface area contributed by atoms with Crippen LogP contribution < -0.4 is 5.32 Å². The minimum atomic E-state index is -1.58. The van der Waals surface area contributed by atoms with Crippen LogP contribution in [-0.2, 0) is 16.0 Å². The number of carbonyl (C=O) groups is 2. The van der Waals surface area contributed by atoms with E-state index in [9.17, 15) is 9.59 Å². The Morgan fingerprint density at radius 3 is 2.55 bits per heavy atom. The van der Waals surface area contributed by atoms with Crippen LogP contribution in [0.15, 0.2) is 42.5 Å². The lowest BCUT2D eigenvalue weighted by Gasteiger charge is -2.09. The van der Waals surface area contributed by atoms with Crippen LogP contribution in [0.4, 0.5) is 0 Å². The van der Waals surface area contributed by atoms with Crippen molar-refractivity contribution in [2.75, 3.05) is 6.54 Å². The Morgan fingerprint density at radius 2 is 1.80 bits per heavy atom. The fourth-order valence-electron chi connectivity index (χ4n) is 1.98. The van der Waals surface area contributed by atoms with E-state index in [-0.39, 0.29) is 18.9 Å². The zero-order valence-corrected chi connectivity index (χ0v) is 10.7. The maximum absolute atomic E-state index is 11.8. The third-order valence-corrected chi connectivity index (χ3v) is 3.01. The van der Waals surface area contributed by atoms with Crippen molar-refractivity contribution in [2.24, 2.45) is 0 Å². The maximum Gasteiger partial charge on any atom is 0.334 e. The highest BCUT2D eigenvalue weighted by Crippen LogP contribution is 2.18. The number of benzene rings is 2. The molecule has 0 heterocycles. The Balaban J connectivity index is 2.05. The molecule has 0 bridgehead atoms. The van der Waals surface area contributed by atoms with E-state index in [1.807, 2.05) is 42.5 Å². The molecule has 0 radical (unpaired) electrons. The first-order valence-electron chi connectivity index (χ1n) is 6.22. The van der Waals surface area contributed by atoms with Crippen molar-refractivity contribution in [1.82, 2.24) is 5.32 Å². The fraction of sp³-hybridized carbons (Fsp3) is 0.200. The van der Waals surface area contributed by atoms with Gasteiger partial charge in [0, 0.05) is 0 Å². The van der Waals surface area contributed by atoms with Gasteiger partial charge in [0.1, 0.15) is 0 Å². The van der Waals surface area contributed by atoms with Gasteiger partial charge in [-0.25, -0.2) is 4.79 Å². The molecule has 0 aliphatic carbocycles. The van der Waals surface area contributed by atoms with Crippen LogP contribution in [-0.4, -0.2) is 34.7 Å². The van der Waals surface area contributed by atoms with E-state index in [0.29, 0.717) is 0 Å². The van der Waals surface area contributed by atoms with E-state index in [1.165, 1.54) is 0 Å². The molecule has 104 valence electrons. The normalized spacial score (nSPS) is 12.1. The topological polar surface area (TPSA) is 86.6 Å². The molecule has 0 aliphatic rings. The fourth-order valence-corrected chi connectivity index (χ4v) is 1.98. The van der Waals surface area contributed by atoms with Gasteiger partial charge in [-0.05, 0) is 16.3 Å². The number of rotatable bonds is 5. The summed E-state index contributed by atoms with van der Waals surface area (Å²) in [6, 6.07) is 13.4. The average molecular weight is 273 g/mol. The predicted octanol–water partition coefficient (Wildman–Crippen LogP) is 0.944. The Hall–Kier alpha value is -2.40. The summed E-state index contributed by atoms with van der Waals surface area (Å²) in [6.07, 6.45) is -1.43. The molecule has 5 nitrogen and oxygen atoms in total. The lowest BCUT2D eigenvalue weighted by Crippen LogP contribution is -2.37. The highest BCUT2D eigenvalue weighted by molar-refractivity contribution is 5.90. The summed E-state index contributed by atoms with van der Waals surface area (Å²) in [5.74, 6) is -1.67. The van der Waals surface area contributed by atoms with E-state index >= 15 is 0 Å². The lowest BCUT2D eigenvalue weighted by atomic mass is 10.0. The molecule has 0 aliphatic heterocycles. The number of hydrogen-bond acceptors (Lipinski definition) is 3. The number of carboxylic acids is 1. The van der Waals surface area contributed by atoms with E-state index in [2.05, 4.69) is 5.32 Å². The maximum atomic E-state index is 11.8. The number of nitrogens with one attached hydrogen (secondary N) is 1. The standard InChI is InChI=1S/C15H15NO4/c17-13(15(19)20)9-16-14(18)8-11-6-3-5-10-4-1-2-7-12(10)11/h1-7,13,17H,8-9H2,(H,16,18)(H,19,20)/t13-/m0/s1. The quantitative estimate of drug-likeness (QED) is 0.757. The highest BCUT2D eigenvalue weighted by Gasteiger charge is 2.14. The number of fused-ring (bicyclic) bond motifs is 1. The molecule has 20 heavy (non-hydrogen) atoms. The molecule has 5 heteroatoms. The van der Waals surface area contributed by atoms with Crippen molar-refractivity contribution >= 4 is 22.6 Å². The molecule has 2 aromatic rings. The summed E-state index contributed by atoms with van der Waals surface area (Å²) in [7, 11) is 0. The van der Waals surface area contributed by atoms with Crippen molar-refractivity contribution < 1.29 is 19.8 Å². The van der Waals surface area contributed by atoms with Gasteiger partial charge in [0.15, 0.2) is 6.10 Å². The smallest absolute Gasteiger partial charge is 0.334 e. The number of carboxylic acid groups (broad SMARTS) is 1. The molecule has 0 fully saturated rings. The number of aliphatic hydroxyl groups excluding tert-OH is 1. The first kappa shape index (κ1) is 14.0. The van der Waals surface area contributed by atoms with Crippen LogP contribution in [0.5, 0.6) is 0 Å². The summed E-state index contributed by atoms with van der Waals surface area (Å²) in [5.41, 5.74) is 0.866. The molecule has 3 N–H and O–H groups in total. The summed E-state index contributed by atoms with van der Waals surface area (Å²) < 4.78 is 0. The summed E-state index contributed by atoms with van der Waals surface area (Å²) in [4.78, 5) is 22.2. The summed E-state index contributed by atoms with van der Waals surface area (Å²) in [5, 5.41) is 22.1. The Labute approximate surface area is 115 Å². The van der Waals surface area contributed by atoms with Crippen molar-refractivity contribution in [3.05, 3.63) is 48.0 Å². The summed E-state index contributed by atoms with van der Waals surface area (Å²) in [6.45, 7) is -0.293. The number of aliphatic carboxylic acids is 1. The van der Waals surface area contributed by atoms with Crippen LogP contribution >= 0.6 is 0 Å². The van der Waals surface area contributed by atoms with Gasteiger partial charge in [-0.15, -0.1) is 0 Å². The first-order chi connectivity index (χ1) is 9.58. The largest absolute Gasteiger partial charge is 0.479 e. The highest BCUT2D eigenvalue weighted by atomic mass is 16.4. The Kier molecular flexibility index (Phi) is 4.32. The van der Waals surface area contributed by atoms with Gasteiger partial charge >= 0.3 is 5.97 Å². The van der Waals surface area contributed by atoms with Gasteiger partial charge in [0.25, 0.3) is 0 Å². The molecular formula is C15H15NO4. The van der Waals surface area contributed by atoms with Crippen molar-refractivity contribution in [3.63, 3.8) is 0 Å². The molecule has 0 saturated heterocycles. The SMILES string of the molecule is O=C(Cc1cccc2ccccc12)NC[C@H](O)C(=O)O. The molecule has 1 atom stereocenters. The molecule has 1 amide bonds. The van der Waals surface area contributed by atoms with Gasteiger partial charge in [0.05, 0.1) is 13.0 Å². The van der Waals surface area contributed by atoms with Crippen LogP contribution in [0, 0.1) is 0 Å². The molecular weight excluding hydrogens is 258 g/mol. The van der Waals surface area contributed by atoms with E-state index in [4.69, 9.17) is 10.2 Å². The van der Waals surface area contributed by atoms with Gasteiger partial charge < -0.3 is 15.5 Å². The average Bonchev–Trinajstić information content (AvgIpc) is 2.45. The second-order valence-electron chi connectivity index (χ2n) is 4.47. The van der Waals surface area contributed by atoms with Crippen molar-refractivity contribution in [2.45, 2.75) is 12.5 Å².